The SMILES string of the molecule is COc1c(F)cccc1NS(=O)(=O)c1c[nH]c2cc(Cl)ccc12. The molecule has 23 heavy (non-hydrogen) atoms. The fourth-order valence-electron chi connectivity index (χ4n) is 2.29. The van der Waals surface area contributed by atoms with Crippen molar-refractivity contribution < 1.29 is 17.5 Å². The van der Waals surface area contributed by atoms with Crippen LogP contribution in [0.15, 0.2) is 47.5 Å². The fourth-order valence-corrected chi connectivity index (χ4v) is 3.70. The molecular formula is C15H12ClFN2O3S. The molecule has 2 N–H and O–H groups in total. The Morgan fingerprint density at radius 2 is 2.04 bits per heavy atom. The Morgan fingerprint density at radius 3 is 2.78 bits per heavy atom. The molecule has 8 heteroatoms. The van der Waals surface area contributed by atoms with Crippen molar-refractivity contribution in [3.63, 3.8) is 0 Å². The third-order valence-corrected chi connectivity index (χ3v) is 4.95. The van der Waals surface area contributed by atoms with Gasteiger partial charge in [0, 0.05) is 22.1 Å². The lowest BCUT2D eigenvalue weighted by atomic mass is 10.2. The average molecular weight is 355 g/mol. The second-order valence-electron chi connectivity index (χ2n) is 4.77. The lowest BCUT2D eigenvalue weighted by Gasteiger charge is -2.11. The summed E-state index contributed by atoms with van der Waals surface area (Å²) in [6.07, 6.45) is 1.36. The number of anilines is 1. The van der Waals surface area contributed by atoms with E-state index in [1.54, 1.807) is 18.2 Å². The Labute approximate surface area is 137 Å². The maximum atomic E-state index is 13.7. The first kappa shape index (κ1) is 15.6. The number of ether oxygens (including phenoxy) is 1. The van der Waals surface area contributed by atoms with E-state index in [0.717, 1.165) is 0 Å². The van der Waals surface area contributed by atoms with Crippen molar-refractivity contribution in [2.45, 2.75) is 4.90 Å². The number of H-pyrrole nitrogens is 1. The number of benzene rings is 2. The molecule has 0 saturated heterocycles. The Morgan fingerprint density at radius 1 is 1.26 bits per heavy atom. The third-order valence-electron chi connectivity index (χ3n) is 3.31. The van der Waals surface area contributed by atoms with Crippen LogP contribution in [-0.4, -0.2) is 20.5 Å². The van der Waals surface area contributed by atoms with Crippen molar-refractivity contribution in [2.75, 3.05) is 11.8 Å². The molecule has 3 rings (SSSR count). The summed E-state index contributed by atoms with van der Waals surface area (Å²) in [7, 11) is -2.66. The number of halogens is 2. The number of aromatic amines is 1. The smallest absolute Gasteiger partial charge is 0.264 e. The van der Waals surface area contributed by atoms with Crippen molar-refractivity contribution >= 4 is 38.2 Å². The summed E-state index contributed by atoms with van der Waals surface area (Å²) in [5.41, 5.74) is 0.611. The van der Waals surface area contributed by atoms with Gasteiger partial charge in [-0.25, -0.2) is 12.8 Å². The quantitative estimate of drug-likeness (QED) is 0.749. The van der Waals surface area contributed by atoms with Crippen molar-refractivity contribution in [1.82, 2.24) is 4.98 Å². The molecule has 1 heterocycles. The van der Waals surface area contributed by atoms with Gasteiger partial charge in [0.05, 0.1) is 12.8 Å². The van der Waals surface area contributed by atoms with Crippen LogP contribution in [0.5, 0.6) is 5.75 Å². The highest BCUT2D eigenvalue weighted by Gasteiger charge is 2.21. The summed E-state index contributed by atoms with van der Waals surface area (Å²) >= 11 is 5.89. The minimum absolute atomic E-state index is 0.0239. The molecule has 0 aliphatic rings. The van der Waals surface area contributed by atoms with Gasteiger partial charge in [-0.2, -0.15) is 0 Å². The molecular weight excluding hydrogens is 343 g/mol. The monoisotopic (exact) mass is 354 g/mol. The zero-order valence-electron chi connectivity index (χ0n) is 11.9. The van der Waals surface area contributed by atoms with Crippen LogP contribution < -0.4 is 9.46 Å². The molecule has 0 bridgehead atoms. The van der Waals surface area contributed by atoms with Crippen LogP contribution >= 0.6 is 11.6 Å². The van der Waals surface area contributed by atoms with E-state index in [0.29, 0.717) is 15.9 Å². The van der Waals surface area contributed by atoms with Gasteiger partial charge >= 0.3 is 0 Å². The van der Waals surface area contributed by atoms with Crippen LogP contribution in [0, 0.1) is 5.82 Å². The van der Waals surface area contributed by atoms with E-state index in [4.69, 9.17) is 16.3 Å². The molecule has 1 aromatic heterocycles. The zero-order valence-corrected chi connectivity index (χ0v) is 13.5. The number of rotatable bonds is 4. The maximum Gasteiger partial charge on any atom is 0.264 e. The van der Waals surface area contributed by atoms with Crippen molar-refractivity contribution in [1.29, 1.82) is 0 Å². The van der Waals surface area contributed by atoms with Crippen molar-refractivity contribution in [3.8, 4) is 5.75 Å². The van der Waals surface area contributed by atoms with Gasteiger partial charge in [-0.3, -0.25) is 4.72 Å². The first-order chi connectivity index (χ1) is 10.9. The number of aromatic nitrogens is 1. The topological polar surface area (TPSA) is 71.2 Å². The van der Waals surface area contributed by atoms with E-state index in [1.165, 1.54) is 31.5 Å². The summed E-state index contributed by atoms with van der Waals surface area (Å²) < 4.78 is 46.1. The predicted octanol–water partition coefficient (Wildman–Crippen LogP) is 3.77. The molecule has 0 atom stereocenters. The minimum atomic E-state index is -3.93. The molecule has 0 unspecified atom stereocenters. The summed E-state index contributed by atoms with van der Waals surface area (Å²) in [6.45, 7) is 0. The number of methoxy groups -OCH3 is 1. The number of para-hydroxylation sites is 1. The largest absolute Gasteiger partial charge is 0.492 e. The first-order valence-electron chi connectivity index (χ1n) is 6.54. The first-order valence-corrected chi connectivity index (χ1v) is 8.40. The molecule has 0 aliphatic heterocycles. The molecule has 0 aliphatic carbocycles. The Bertz CT molecular complexity index is 986. The molecule has 120 valence electrons. The zero-order chi connectivity index (χ0) is 16.6. The number of hydrogen-bond acceptors (Lipinski definition) is 3. The van der Waals surface area contributed by atoms with E-state index < -0.39 is 15.8 Å². The standard InChI is InChI=1S/C15H12ClFN2O3S/c1-22-15-11(17)3-2-4-12(15)19-23(20,21)14-8-18-13-7-9(16)5-6-10(13)14/h2-8,18-19H,1H3. The molecule has 0 radical (unpaired) electrons. The minimum Gasteiger partial charge on any atom is -0.492 e. The van der Waals surface area contributed by atoms with Gasteiger partial charge < -0.3 is 9.72 Å². The van der Waals surface area contributed by atoms with Gasteiger partial charge in [0.2, 0.25) is 0 Å². The molecule has 0 amide bonds. The Hall–Kier alpha value is -2.25. The molecule has 2 aromatic carbocycles. The van der Waals surface area contributed by atoms with Crippen molar-refractivity contribution in [3.05, 3.63) is 53.4 Å². The number of hydrogen-bond donors (Lipinski definition) is 2. The average Bonchev–Trinajstić information content (AvgIpc) is 2.91. The second-order valence-corrected chi connectivity index (χ2v) is 6.86. The van der Waals surface area contributed by atoms with Crippen LogP contribution in [0.25, 0.3) is 10.9 Å². The lowest BCUT2D eigenvalue weighted by Crippen LogP contribution is -2.13. The molecule has 3 aromatic rings. The van der Waals surface area contributed by atoms with E-state index in [1.807, 2.05) is 0 Å². The highest BCUT2D eigenvalue weighted by Crippen LogP contribution is 2.31. The van der Waals surface area contributed by atoms with Gasteiger partial charge in [0.25, 0.3) is 10.0 Å². The number of sulfonamides is 1. The number of fused-ring (bicyclic) bond motifs is 1. The molecule has 0 saturated carbocycles. The van der Waals surface area contributed by atoms with Gasteiger partial charge in [0.1, 0.15) is 4.90 Å². The van der Waals surface area contributed by atoms with E-state index in [9.17, 15) is 12.8 Å². The summed E-state index contributed by atoms with van der Waals surface area (Å²) in [6, 6.07) is 8.82. The summed E-state index contributed by atoms with van der Waals surface area (Å²) in [5, 5.41) is 0.973. The second kappa shape index (κ2) is 5.75. The van der Waals surface area contributed by atoms with Crippen LogP contribution in [0.3, 0.4) is 0 Å². The predicted molar refractivity (Wildman–Crippen MR) is 87.1 cm³/mol. The molecule has 5 nitrogen and oxygen atoms in total. The van der Waals surface area contributed by atoms with Gasteiger partial charge in [-0.15, -0.1) is 0 Å². The van der Waals surface area contributed by atoms with E-state index >= 15 is 0 Å². The Kier molecular flexibility index (Phi) is 3.91. The molecule has 0 fully saturated rings. The van der Waals surface area contributed by atoms with Crippen LogP contribution in [0.4, 0.5) is 10.1 Å². The van der Waals surface area contributed by atoms with Crippen LogP contribution in [0.1, 0.15) is 0 Å². The van der Waals surface area contributed by atoms with Crippen LogP contribution in [0.2, 0.25) is 5.02 Å². The maximum absolute atomic E-state index is 13.7. The van der Waals surface area contributed by atoms with Gasteiger partial charge in [-0.05, 0) is 30.3 Å². The van der Waals surface area contributed by atoms with E-state index in [2.05, 4.69) is 9.71 Å². The van der Waals surface area contributed by atoms with Crippen molar-refractivity contribution in [2.24, 2.45) is 0 Å². The lowest BCUT2D eigenvalue weighted by molar-refractivity contribution is 0.389. The highest BCUT2D eigenvalue weighted by molar-refractivity contribution is 7.93. The number of nitrogens with one attached hydrogen (secondary N) is 2. The van der Waals surface area contributed by atoms with Gasteiger partial charge in [-0.1, -0.05) is 17.7 Å². The summed E-state index contributed by atoms with van der Waals surface area (Å²) in [5.74, 6) is -0.822. The normalized spacial score (nSPS) is 11.6. The van der Waals surface area contributed by atoms with Gasteiger partial charge in [0.15, 0.2) is 11.6 Å². The third kappa shape index (κ3) is 2.85. The summed E-state index contributed by atoms with van der Waals surface area (Å²) in [4.78, 5) is 2.89. The highest BCUT2D eigenvalue weighted by atomic mass is 35.5. The molecule has 0 spiro atoms. The Balaban J connectivity index is 2.07. The van der Waals surface area contributed by atoms with E-state index in [-0.39, 0.29) is 16.3 Å². The fraction of sp³-hybridized carbons (Fsp3) is 0.0667. The van der Waals surface area contributed by atoms with Crippen LogP contribution in [-0.2, 0) is 10.0 Å².